The molecule has 1 heterocycles. The SMILES string of the molecule is Cc1cc(NC(=O)c2cccc(Br)c2Cl)cnc1Br. The van der Waals surface area contributed by atoms with Gasteiger partial charge in [-0.2, -0.15) is 0 Å². The molecular weight excluding hydrogens is 395 g/mol. The summed E-state index contributed by atoms with van der Waals surface area (Å²) in [6.07, 6.45) is 1.58. The van der Waals surface area contributed by atoms with Crippen LogP contribution >= 0.6 is 43.5 Å². The summed E-state index contributed by atoms with van der Waals surface area (Å²) in [6.45, 7) is 1.90. The molecule has 0 aliphatic rings. The van der Waals surface area contributed by atoms with E-state index in [1.165, 1.54) is 0 Å². The zero-order chi connectivity index (χ0) is 14.0. The van der Waals surface area contributed by atoms with E-state index in [1.807, 2.05) is 13.0 Å². The Morgan fingerprint density at radius 2 is 2.11 bits per heavy atom. The first-order valence-corrected chi connectivity index (χ1v) is 7.33. The van der Waals surface area contributed by atoms with E-state index in [9.17, 15) is 4.79 Å². The van der Waals surface area contributed by atoms with Crippen LogP contribution in [0.2, 0.25) is 5.02 Å². The highest BCUT2D eigenvalue weighted by atomic mass is 79.9. The number of amides is 1. The summed E-state index contributed by atoms with van der Waals surface area (Å²) < 4.78 is 1.44. The molecule has 2 rings (SSSR count). The first kappa shape index (κ1) is 14.5. The molecular formula is C13H9Br2ClN2O. The predicted octanol–water partition coefficient (Wildman–Crippen LogP) is 4.82. The summed E-state index contributed by atoms with van der Waals surface area (Å²) >= 11 is 12.7. The molecule has 0 spiro atoms. The Bertz CT molecular complexity index is 647. The summed E-state index contributed by atoms with van der Waals surface area (Å²) in [5, 5.41) is 3.16. The molecule has 0 saturated heterocycles. The molecule has 1 N–H and O–H groups in total. The van der Waals surface area contributed by atoms with E-state index in [4.69, 9.17) is 11.6 Å². The van der Waals surface area contributed by atoms with Crippen LogP contribution in [0.3, 0.4) is 0 Å². The minimum Gasteiger partial charge on any atom is -0.321 e. The summed E-state index contributed by atoms with van der Waals surface area (Å²) in [5.74, 6) is -0.269. The molecule has 0 aliphatic heterocycles. The number of aryl methyl sites for hydroxylation is 1. The van der Waals surface area contributed by atoms with E-state index in [-0.39, 0.29) is 5.91 Å². The van der Waals surface area contributed by atoms with Crippen molar-refractivity contribution < 1.29 is 4.79 Å². The van der Waals surface area contributed by atoms with Gasteiger partial charge in [0.05, 0.1) is 22.5 Å². The number of halogens is 3. The van der Waals surface area contributed by atoms with Gasteiger partial charge in [0.2, 0.25) is 0 Å². The third kappa shape index (κ3) is 3.35. The largest absolute Gasteiger partial charge is 0.321 e. The molecule has 1 aromatic carbocycles. The molecule has 0 aliphatic carbocycles. The van der Waals surface area contributed by atoms with Gasteiger partial charge >= 0.3 is 0 Å². The van der Waals surface area contributed by atoms with E-state index in [0.29, 0.717) is 20.7 Å². The van der Waals surface area contributed by atoms with Crippen LogP contribution in [0.15, 0.2) is 39.5 Å². The normalized spacial score (nSPS) is 10.3. The summed E-state index contributed by atoms with van der Waals surface area (Å²) in [4.78, 5) is 16.3. The number of anilines is 1. The highest BCUT2D eigenvalue weighted by Crippen LogP contribution is 2.27. The summed E-state index contributed by atoms with van der Waals surface area (Å²) in [7, 11) is 0. The van der Waals surface area contributed by atoms with E-state index >= 15 is 0 Å². The molecule has 0 fully saturated rings. The fourth-order valence-electron chi connectivity index (χ4n) is 1.50. The van der Waals surface area contributed by atoms with Gasteiger partial charge in [-0.1, -0.05) is 17.7 Å². The number of hydrogen-bond acceptors (Lipinski definition) is 2. The number of carbonyl (C=O) groups excluding carboxylic acids is 1. The number of nitrogens with zero attached hydrogens (tertiary/aromatic N) is 1. The van der Waals surface area contributed by atoms with Gasteiger partial charge in [0, 0.05) is 4.47 Å². The standard InChI is InChI=1S/C13H9Br2ClN2O/c1-7-5-8(6-17-12(7)15)18-13(19)9-3-2-4-10(14)11(9)16/h2-6H,1H3,(H,18,19). The maximum absolute atomic E-state index is 12.1. The number of pyridine rings is 1. The molecule has 2 aromatic rings. The van der Waals surface area contributed by atoms with Gasteiger partial charge in [0.15, 0.2) is 0 Å². The molecule has 1 aromatic heterocycles. The van der Waals surface area contributed by atoms with Gasteiger partial charge < -0.3 is 5.32 Å². The van der Waals surface area contributed by atoms with E-state index in [0.717, 1.165) is 10.2 Å². The molecule has 19 heavy (non-hydrogen) atoms. The Morgan fingerprint density at radius 3 is 2.79 bits per heavy atom. The lowest BCUT2D eigenvalue weighted by molar-refractivity contribution is 0.102. The molecule has 6 heteroatoms. The van der Waals surface area contributed by atoms with Crippen molar-refractivity contribution >= 4 is 55.1 Å². The van der Waals surface area contributed by atoms with Crippen molar-refractivity contribution in [2.24, 2.45) is 0 Å². The Kier molecular flexibility index (Phi) is 4.60. The number of carbonyl (C=O) groups is 1. The van der Waals surface area contributed by atoms with E-state index in [2.05, 4.69) is 42.2 Å². The first-order chi connectivity index (χ1) is 8.99. The van der Waals surface area contributed by atoms with Crippen LogP contribution < -0.4 is 5.32 Å². The van der Waals surface area contributed by atoms with Crippen molar-refractivity contribution in [1.29, 1.82) is 0 Å². The quantitative estimate of drug-likeness (QED) is 0.729. The van der Waals surface area contributed by atoms with Crippen LogP contribution in [0, 0.1) is 6.92 Å². The second-order valence-corrected chi connectivity index (χ2v) is 5.87. The van der Waals surface area contributed by atoms with Crippen LogP contribution in [0.5, 0.6) is 0 Å². The zero-order valence-electron chi connectivity index (χ0n) is 9.88. The molecule has 0 atom stereocenters. The second kappa shape index (κ2) is 6.03. The highest BCUT2D eigenvalue weighted by Gasteiger charge is 2.13. The smallest absolute Gasteiger partial charge is 0.257 e. The van der Waals surface area contributed by atoms with Crippen LogP contribution in [-0.4, -0.2) is 10.9 Å². The van der Waals surface area contributed by atoms with Crippen LogP contribution in [0.1, 0.15) is 15.9 Å². The molecule has 0 unspecified atom stereocenters. The van der Waals surface area contributed by atoms with Crippen molar-refractivity contribution in [2.75, 3.05) is 5.32 Å². The molecule has 3 nitrogen and oxygen atoms in total. The Morgan fingerprint density at radius 1 is 1.37 bits per heavy atom. The van der Waals surface area contributed by atoms with Gasteiger partial charge in [-0.25, -0.2) is 4.98 Å². The fraction of sp³-hybridized carbons (Fsp3) is 0.0769. The van der Waals surface area contributed by atoms with Crippen molar-refractivity contribution in [3.8, 4) is 0 Å². The molecule has 0 bridgehead atoms. The zero-order valence-corrected chi connectivity index (χ0v) is 13.8. The maximum Gasteiger partial charge on any atom is 0.257 e. The second-order valence-electron chi connectivity index (χ2n) is 3.89. The van der Waals surface area contributed by atoms with Gasteiger partial charge in [0.1, 0.15) is 4.60 Å². The number of rotatable bonds is 2. The summed E-state index contributed by atoms with van der Waals surface area (Å²) in [6, 6.07) is 7.04. The number of benzene rings is 1. The third-order valence-corrected chi connectivity index (χ3v) is 4.59. The predicted molar refractivity (Wildman–Crippen MR) is 83.8 cm³/mol. The van der Waals surface area contributed by atoms with Crippen LogP contribution in [0.4, 0.5) is 5.69 Å². The van der Waals surface area contributed by atoms with Crippen molar-refractivity contribution in [2.45, 2.75) is 6.92 Å². The topological polar surface area (TPSA) is 42.0 Å². The third-order valence-electron chi connectivity index (χ3n) is 2.47. The Labute approximate surface area is 132 Å². The first-order valence-electron chi connectivity index (χ1n) is 5.36. The van der Waals surface area contributed by atoms with Crippen molar-refractivity contribution in [1.82, 2.24) is 4.98 Å². The van der Waals surface area contributed by atoms with Crippen molar-refractivity contribution in [3.63, 3.8) is 0 Å². The number of aromatic nitrogens is 1. The highest BCUT2D eigenvalue weighted by molar-refractivity contribution is 9.10. The summed E-state index contributed by atoms with van der Waals surface area (Å²) in [5.41, 5.74) is 1.98. The Balaban J connectivity index is 2.26. The lowest BCUT2D eigenvalue weighted by atomic mass is 10.2. The molecule has 98 valence electrons. The molecule has 0 saturated carbocycles. The number of hydrogen-bond donors (Lipinski definition) is 1. The van der Waals surface area contributed by atoms with Gasteiger partial charge in [-0.05, 0) is 62.5 Å². The minimum absolute atomic E-state index is 0.269. The van der Waals surface area contributed by atoms with Crippen LogP contribution in [-0.2, 0) is 0 Å². The lowest BCUT2D eigenvalue weighted by Crippen LogP contribution is -2.13. The fourth-order valence-corrected chi connectivity index (χ4v) is 2.30. The average Bonchev–Trinajstić information content (AvgIpc) is 2.37. The molecule has 1 amide bonds. The average molecular weight is 404 g/mol. The number of nitrogens with one attached hydrogen (secondary N) is 1. The monoisotopic (exact) mass is 402 g/mol. The van der Waals surface area contributed by atoms with E-state index in [1.54, 1.807) is 24.4 Å². The van der Waals surface area contributed by atoms with E-state index < -0.39 is 0 Å². The van der Waals surface area contributed by atoms with Crippen LogP contribution in [0.25, 0.3) is 0 Å². The maximum atomic E-state index is 12.1. The Hall–Kier alpha value is -0.910. The minimum atomic E-state index is -0.269. The van der Waals surface area contributed by atoms with Gasteiger partial charge in [-0.15, -0.1) is 0 Å². The lowest BCUT2D eigenvalue weighted by Gasteiger charge is -2.08. The van der Waals surface area contributed by atoms with Gasteiger partial charge in [0.25, 0.3) is 5.91 Å². The molecule has 0 radical (unpaired) electrons. The van der Waals surface area contributed by atoms with Crippen molar-refractivity contribution in [3.05, 3.63) is 55.7 Å². The van der Waals surface area contributed by atoms with Gasteiger partial charge in [-0.3, -0.25) is 4.79 Å².